The fraction of sp³-hybridized carbons (Fsp3) is 1.00. The normalized spacial score (nSPS) is 55.0. The summed E-state index contributed by atoms with van der Waals surface area (Å²) in [4.78, 5) is 11.7. The van der Waals surface area contributed by atoms with Crippen LogP contribution in [0.1, 0.15) is 46.5 Å². The van der Waals surface area contributed by atoms with Crippen LogP contribution in [0.15, 0.2) is 0 Å². The van der Waals surface area contributed by atoms with Crippen molar-refractivity contribution >= 4 is 0 Å². The topological polar surface area (TPSA) is 57.2 Å². The molecule has 4 heterocycles. The SMILES string of the molecule is CC1CCC2[C@@H](C)COC3OC4(C)CCC1C32OO4.CO. The highest BCUT2D eigenvalue weighted by Gasteiger charge is 2.67. The summed E-state index contributed by atoms with van der Waals surface area (Å²) < 4.78 is 12.2. The van der Waals surface area contributed by atoms with Crippen LogP contribution in [0.5, 0.6) is 0 Å². The molecule has 5 rings (SSSR count). The molecule has 21 heavy (non-hydrogen) atoms. The van der Waals surface area contributed by atoms with Gasteiger partial charge in [0.05, 0.1) is 6.61 Å². The standard InChI is InChI=1S/C15H24O4.CH4O/c1-9-4-5-11-10(2)8-16-13-15(11)12(9)6-7-14(3,17-13)18-19-15;1-2/h9-13H,4-8H2,1-3H3;2H,1H3/t9?,10-,11?,12?,13?,14?,15?;/m0./s1. The van der Waals surface area contributed by atoms with Gasteiger partial charge in [-0.15, -0.1) is 0 Å². The van der Waals surface area contributed by atoms with Crippen molar-refractivity contribution < 1.29 is 24.4 Å². The van der Waals surface area contributed by atoms with Gasteiger partial charge in [-0.1, -0.05) is 13.8 Å². The number of hydrogen-bond donors (Lipinski definition) is 1. The molecule has 1 aliphatic carbocycles. The van der Waals surface area contributed by atoms with Gasteiger partial charge in [-0.2, -0.15) is 0 Å². The van der Waals surface area contributed by atoms with Gasteiger partial charge in [0.25, 0.3) is 0 Å². The smallest absolute Gasteiger partial charge is 0.201 e. The van der Waals surface area contributed by atoms with Crippen LogP contribution in [0.25, 0.3) is 0 Å². The quantitative estimate of drug-likeness (QED) is 0.697. The van der Waals surface area contributed by atoms with Crippen LogP contribution in [0.3, 0.4) is 0 Å². The fourth-order valence-electron chi connectivity index (χ4n) is 4.88. The summed E-state index contributed by atoms with van der Waals surface area (Å²) in [5.41, 5.74) is -0.370. The number of ether oxygens (including phenoxy) is 2. The maximum Gasteiger partial charge on any atom is 0.201 e. The zero-order valence-corrected chi connectivity index (χ0v) is 13.5. The Hall–Kier alpha value is -0.200. The Kier molecular flexibility index (Phi) is 4.08. The number of hydrogen-bond acceptors (Lipinski definition) is 5. The highest BCUT2D eigenvalue weighted by atomic mass is 17.3. The predicted octanol–water partition coefficient (Wildman–Crippen LogP) is 2.48. The zero-order valence-electron chi connectivity index (χ0n) is 13.5. The molecule has 0 radical (unpaired) electrons. The lowest BCUT2D eigenvalue weighted by Gasteiger charge is -2.58. The molecule has 5 fully saturated rings. The van der Waals surface area contributed by atoms with Crippen LogP contribution in [-0.4, -0.2) is 36.5 Å². The van der Waals surface area contributed by atoms with Crippen molar-refractivity contribution in [3.63, 3.8) is 0 Å². The highest BCUT2D eigenvalue weighted by molar-refractivity contribution is 5.08. The van der Waals surface area contributed by atoms with Crippen LogP contribution in [0, 0.1) is 23.7 Å². The van der Waals surface area contributed by atoms with Gasteiger partial charge in [-0.05, 0) is 43.9 Å². The molecule has 122 valence electrons. The van der Waals surface area contributed by atoms with Crippen molar-refractivity contribution in [2.75, 3.05) is 13.7 Å². The second-order valence-electron chi connectivity index (χ2n) is 7.22. The molecular formula is C16H28O5. The van der Waals surface area contributed by atoms with Gasteiger partial charge in [0, 0.05) is 19.4 Å². The van der Waals surface area contributed by atoms with Gasteiger partial charge in [0.15, 0.2) is 11.9 Å². The van der Waals surface area contributed by atoms with E-state index in [-0.39, 0.29) is 11.9 Å². The van der Waals surface area contributed by atoms with E-state index >= 15 is 0 Å². The third-order valence-electron chi connectivity index (χ3n) is 5.97. The summed E-state index contributed by atoms with van der Waals surface area (Å²) in [7, 11) is 1.00. The first-order chi connectivity index (χ1) is 10.1. The van der Waals surface area contributed by atoms with Crippen LogP contribution in [0.4, 0.5) is 0 Å². The van der Waals surface area contributed by atoms with Gasteiger partial charge in [0.2, 0.25) is 5.79 Å². The first kappa shape index (κ1) is 15.7. The first-order valence-electron chi connectivity index (χ1n) is 8.16. The van der Waals surface area contributed by atoms with Crippen LogP contribution in [-0.2, 0) is 19.2 Å². The summed E-state index contributed by atoms with van der Waals surface area (Å²) in [6.45, 7) is 7.36. The van der Waals surface area contributed by atoms with E-state index in [0.29, 0.717) is 23.7 Å². The lowest BCUT2D eigenvalue weighted by Crippen LogP contribution is -2.68. The monoisotopic (exact) mass is 300 g/mol. The molecule has 0 amide bonds. The van der Waals surface area contributed by atoms with Gasteiger partial charge >= 0.3 is 0 Å². The van der Waals surface area contributed by atoms with E-state index in [1.807, 2.05) is 6.92 Å². The second-order valence-corrected chi connectivity index (χ2v) is 7.22. The number of aliphatic hydroxyl groups is 1. The van der Waals surface area contributed by atoms with E-state index in [4.69, 9.17) is 24.4 Å². The molecule has 0 aromatic rings. The molecule has 5 nitrogen and oxygen atoms in total. The lowest BCUT2D eigenvalue weighted by atomic mass is 9.58. The number of fused-ring (bicyclic) bond motifs is 2. The second kappa shape index (κ2) is 5.46. The summed E-state index contributed by atoms with van der Waals surface area (Å²) in [6.07, 6.45) is 4.24. The summed E-state index contributed by atoms with van der Waals surface area (Å²) in [5, 5.41) is 7.00. The maximum absolute atomic E-state index is 7.00. The van der Waals surface area contributed by atoms with Crippen LogP contribution in [0.2, 0.25) is 0 Å². The van der Waals surface area contributed by atoms with Gasteiger partial charge in [-0.25, -0.2) is 9.78 Å². The first-order valence-corrected chi connectivity index (χ1v) is 8.16. The molecule has 4 saturated heterocycles. The van der Waals surface area contributed by atoms with Crippen molar-refractivity contribution in [1.82, 2.24) is 0 Å². The lowest BCUT2D eigenvalue weighted by molar-refractivity contribution is -0.566. The molecular weight excluding hydrogens is 272 g/mol. The van der Waals surface area contributed by atoms with Gasteiger partial charge in [-0.3, -0.25) is 0 Å². The molecule has 0 aromatic heterocycles. The number of aliphatic hydroxyl groups excluding tert-OH is 1. The minimum Gasteiger partial charge on any atom is -0.400 e. The Morgan fingerprint density at radius 3 is 2.43 bits per heavy atom. The van der Waals surface area contributed by atoms with Crippen molar-refractivity contribution in [3.05, 3.63) is 0 Å². The number of rotatable bonds is 0. The van der Waals surface area contributed by atoms with Crippen LogP contribution < -0.4 is 0 Å². The molecule has 1 spiro atoms. The average molecular weight is 300 g/mol. The molecule has 4 aliphatic heterocycles. The molecule has 2 bridgehead atoms. The van der Waals surface area contributed by atoms with Crippen molar-refractivity contribution in [3.8, 4) is 0 Å². The Labute approximate surface area is 126 Å². The molecule has 5 aliphatic rings. The zero-order chi connectivity index (χ0) is 15.3. The summed E-state index contributed by atoms with van der Waals surface area (Å²) >= 11 is 0. The minimum absolute atomic E-state index is 0.248. The Morgan fingerprint density at radius 2 is 1.67 bits per heavy atom. The van der Waals surface area contributed by atoms with Crippen LogP contribution >= 0.6 is 0 Å². The van der Waals surface area contributed by atoms with Crippen molar-refractivity contribution in [2.45, 2.75) is 64.1 Å². The Bertz CT molecular complexity index is 389. The molecule has 6 unspecified atom stereocenters. The van der Waals surface area contributed by atoms with E-state index in [2.05, 4.69) is 13.8 Å². The van der Waals surface area contributed by atoms with Gasteiger partial charge in [0.1, 0.15) is 0 Å². The van der Waals surface area contributed by atoms with Gasteiger partial charge < -0.3 is 14.6 Å². The Morgan fingerprint density at radius 1 is 0.952 bits per heavy atom. The molecule has 1 N–H and O–H groups in total. The molecule has 5 heteroatoms. The van der Waals surface area contributed by atoms with E-state index in [9.17, 15) is 0 Å². The van der Waals surface area contributed by atoms with Crippen molar-refractivity contribution in [1.29, 1.82) is 0 Å². The minimum atomic E-state index is -0.627. The van der Waals surface area contributed by atoms with E-state index in [1.165, 1.54) is 12.8 Å². The largest absolute Gasteiger partial charge is 0.400 e. The predicted molar refractivity (Wildman–Crippen MR) is 76.0 cm³/mol. The molecule has 0 aromatic carbocycles. The van der Waals surface area contributed by atoms with E-state index < -0.39 is 5.79 Å². The third-order valence-corrected chi connectivity index (χ3v) is 5.97. The van der Waals surface area contributed by atoms with E-state index in [0.717, 1.165) is 26.6 Å². The molecule has 7 atom stereocenters. The average Bonchev–Trinajstić information content (AvgIpc) is 2.72. The third kappa shape index (κ3) is 2.17. The van der Waals surface area contributed by atoms with E-state index in [1.54, 1.807) is 0 Å². The fourth-order valence-corrected chi connectivity index (χ4v) is 4.88. The summed E-state index contributed by atoms with van der Waals surface area (Å²) in [5.74, 6) is 1.53. The maximum atomic E-state index is 7.00. The Balaban J connectivity index is 0.000000636. The van der Waals surface area contributed by atoms with Crippen molar-refractivity contribution in [2.24, 2.45) is 23.7 Å². The molecule has 1 saturated carbocycles. The highest BCUT2D eigenvalue weighted by Crippen LogP contribution is 2.59. The summed E-state index contributed by atoms with van der Waals surface area (Å²) in [6, 6.07) is 0.